The first-order valence-electron chi connectivity index (χ1n) is 9.89. The third-order valence-corrected chi connectivity index (χ3v) is 5.37. The van der Waals surface area contributed by atoms with Crippen LogP contribution in [0.5, 0.6) is 5.75 Å². The Bertz CT molecular complexity index is 1330. The highest BCUT2D eigenvalue weighted by Gasteiger charge is 2.19. The van der Waals surface area contributed by atoms with E-state index in [1.54, 1.807) is 6.07 Å². The Hall–Kier alpha value is -4.20. The van der Waals surface area contributed by atoms with Crippen LogP contribution in [0.1, 0.15) is 27.0 Å². The number of aryl methyl sites for hydroxylation is 3. The van der Waals surface area contributed by atoms with Crippen LogP contribution in [0.2, 0.25) is 0 Å². The molecule has 32 heavy (non-hydrogen) atoms. The fourth-order valence-corrected chi connectivity index (χ4v) is 3.36. The van der Waals surface area contributed by atoms with Gasteiger partial charge in [0.25, 0.3) is 5.91 Å². The molecule has 0 bridgehead atoms. The molecule has 8 nitrogen and oxygen atoms in total. The molecule has 0 spiro atoms. The summed E-state index contributed by atoms with van der Waals surface area (Å²) in [6, 6.07) is 13.5. The number of ether oxygens (including phenoxy) is 1. The first-order chi connectivity index (χ1) is 15.3. The van der Waals surface area contributed by atoms with Crippen LogP contribution in [0.15, 0.2) is 52.9 Å². The number of anilines is 1. The average Bonchev–Trinajstić information content (AvgIpc) is 3.17. The van der Waals surface area contributed by atoms with Crippen molar-refractivity contribution in [3.8, 4) is 17.2 Å². The zero-order valence-corrected chi connectivity index (χ0v) is 18.1. The lowest BCUT2D eigenvalue weighted by Crippen LogP contribution is -2.13. The van der Waals surface area contributed by atoms with Gasteiger partial charge in [0, 0.05) is 22.9 Å². The minimum atomic E-state index is -0.585. The Labute approximate surface area is 184 Å². The van der Waals surface area contributed by atoms with E-state index in [1.165, 1.54) is 25.3 Å². The molecule has 1 N–H and O–H groups in total. The fraction of sp³-hybridized carbons (Fsp3) is 0.167. The van der Waals surface area contributed by atoms with E-state index in [0.717, 1.165) is 22.2 Å². The maximum Gasteiger partial charge on any atom is 0.311 e. The van der Waals surface area contributed by atoms with Gasteiger partial charge in [0.05, 0.1) is 12.0 Å². The van der Waals surface area contributed by atoms with Crippen LogP contribution in [0.25, 0.3) is 22.6 Å². The number of nitro benzene ring substituents is 1. The van der Waals surface area contributed by atoms with Crippen LogP contribution in [0, 0.1) is 30.9 Å². The summed E-state index contributed by atoms with van der Waals surface area (Å²) in [4.78, 5) is 28.0. The lowest BCUT2D eigenvalue weighted by atomic mass is 10.1. The van der Waals surface area contributed by atoms with Gasteiger partial charge in [-0.05, 0) is 73.9 Å². The van der Waals surface area contributed by atoms with Crippen LogP contribution in [0.3, 0.4) is 0 Å². The number of rotatable bonds is 5. The molecule has 1 amide bonds. The molecule has 3 aromatic carbocycles. The highest BCUT2D eigenvalue weighted by atomic mass is 16.6. The molecule has 4 rings (SSSR count). The van der Waals surface area contributed by atoms with E-state index in [9.17, 15) is 14.9 Å². The Morgan fingerprint density at radius 2 is 1.78 bits per heavy atom. The summed E-state index contributed by atoms with van der Waals surface area (Å²) < 4.78 is 10.9. The predicted octanol–water partition coefficient (Wildman–Crippen LogP) is 5.59. The molecule has 0 aliphatic heterocycles. The number of aromatic nitrogens is 1. The number of methoxy groups -OCH3 is 1. The van der Waals surface area contributed by atoms with Crippen molar-refractivity contribution in [2.24, 2.45) is 0 Å². The highest BCUT2D eigenvalue weighted by Crippen LogP contribution is 2.31. The van der Waals surface area contributed by atoms with Crippen molar-refractivity contribution in [1.29, 1.82) is 0 Å². The third-order valence-electron chi connectivity index (χ3n) is 5.37. The van der Waals surface area contributed by atoms with E-state index in [0.29, 0.717) is 22.7 Å². The molecule has 0 unspecified atom stereocenters. The topological polar surface area (TPSA) is 108 Å². The fourth-order valence-electron chi connectivity index (χ4n) is 3.36. The molecule has 162 valence electrons. The van der Waals surface area contributed by atoms with Gasteiger partial charge in [-0.1, -0.05) is 6.07 Å². The van der Waals surface area contributed by atoms with E-state index in [-0.39, 0.29) is 17.0 Å². The predicted molar refractivity (Wildman–Crippen MR) is 121 cm³/mol. The monoisotopic (exact) mass is 431 g/mol. The second-order valence-corrected chi connectivity index (χ2v) is 7.55. The number of carbonyl (C=O) groups is 1. The third kappa shape index (κ3) is 3.90. The number of amides is 1. The molecule has 0 saturated heterocycles. The lowest BCUT2D eigenvalue weighted by Gasteiger charge is -2.10. The van der Waals surface area contributed by atoms with Crippen molar-refractivity contribution < 1.29 is 18.9 Å². The summed E-state index contributed by atoms with van der Waals surface area (Å²) in [7, 11) is 1.34. The summed E-state index contributed by atoms with van der Waals surface area (Å²) in [6.45, 7) is 5.89. The lowest BCUT2D eigenvalue weighted by molar-refractivity contribution is -0.385. The van der Waals surface area contributed by atoms with Gasteiger partial charge in [-0.3, -0.25) is 14.9 Å². The summed E-state index contributed by atoms with van der Waals surface area (Å²) in [5.74, 6) is 0.0616. The van der Waals surface area contributed by atoms with Crippen LogP contribution in [-0.4, -0.2) is 22.9 Å². The van der Waals surface area contributed by atoms with Crippen molar-refractivity contribution in [3.05, 3.63) is 80.9 Å². The van der Waals surface area contributed by atoms with E-state index in [4.69, 9.17) is 9.15 Å². The van der Waals surface area contributed by atoms with Crippen LogP contribution in [0.4, 0.5) is 11.4 Å². The Kier molecular flexibility index (Phi) is 5.36. The molecule has 0 aliphatic carbocycles. The van der Waals surface area contributed by atoms with Gasteiger partial charge >= 0.3 is 5.69 Å². The highest BCUT2D eigenvalue weighted by molar-refractivity contribution is 6.05. The average molecular weight is 431 g/mol. The number of carbonyl (C=O) groups excluding carboxylic acids is 1. The van der Waals surface area contributed by atoms with Crippen molar-refractivity contribution >= 4 is 28.4 Å². The molecule has 8 heteroatoms. The summed E-state index contributed by atoms with van der Waals surface area (Å²) in [6.07, 6.45) is 0. The van der Waals surface area contributed by atoms with Crippen LogP contribution >= 0.6 is 0 Å². The molecule has 0 atom stereocenters. The van der Waals surface area contributed by atoms with Crippen molar-refractivity contribution in [2.75, 3.05) is 12.4 Å². The standard InChI is InChI=1S/C24H21N3O5/c1-13-5-6-17(24-26-19-9-14(2)15(3)10-22(19)32-24)11-18(13)25-23(28)16-7-8-21(31-4)20(12-16)27(29)30/h5-12H,1-4H3,(H,25,28). The van der Waals surface area contributed by atoms with Gasteiger partial charge < -0.3 is 14.5 Å². The minimum absolute atomic E-state index is 0.0890. The summed E-state index contributed by atoms with van der Waals surface area (Å²) in [5.41, 5.74) is 5.66. The first kappa shape index (κ1) is 21.0. The van der Waals surface area contributed by atoms with Gasteiger partial charge in [0.2, 0.25) is 5.89 Å². The molecular formula is C24H21N3O5. The van der Waals surface area contributed by atoms with Gasteiger partial charge in [-0.2, -0.15) is 0 Å². The van der Waals surface area contributed by atoms with Gasteiger partial charge in [-0.15, -0.1) is 0 Å². The van der Waals surface area contributed by atoms with Crippen molar-refractivity contribution in [2.45, 2.75) is 20.8 Å². The first-order valence-corrected chi connectivity index (χ1v) is 9.89. The zero-order valence-electron chi connectivity index (χ0n) is 18.1. The number of nitrogens with zero attached hydrogens (tertiary/aromatic N) is 2. The van der Waals surface area contributed by atoms with Gasteiger partial charge in [0.1, 0.15) is 5.52 Å². The second-order valence-electron chi connectivity index (χ2n) is 7.55. The maximum absolute atomic E-state index is 12.8. The van der Waals surface area contributed by atoms with Gasteiger partial charge in [-0.25, -0.2) is 4.98 Å². The van der Waals surface area contributed by atoms with Crippen LogP contribution in [-0.2, 0) is 0 Å². The normalized spacial score (nSPS) is 10.9. The smallest absolute Gasteiger partial charge is 0.311 e. The summed E-state index contributed by atoms with van der Waals surface area (Å²) >= 11 is 0. The van der Waals surface area contributed by atoms with Gasteiger partial charge in [0.15, 0.2) is 11.3 Å². The van der Waals surface area contributed by atoms with E-state index in [1.807, 2.05) is 45.0 Å². The SMILES string of the molecule is COc1ccc(C(=O)Nc2cc(-c3nc4cc(C)c(C)cc4o3)ccc2C)cc1[N+](=O)[O-]. The Morgan fingerprint density at radius 3 is 2.50 bits per heavy atom. The number of benzene rings is 3. The maximum atomic E-state index is 12.8. The zero-order chi connectivity index (χ0) is 23.0. The van der Waals surface area contributed by atoms with Crippen LogP contribution < -0.4 is 10.1 Å². The van der Waals surface area contributed by atoms with E-state index < -0.39 is 10.8 Å². The number of nitrogens with one attached hydrogen (secondary N) is 1. The number of hydrogen-bond donors (Lipinski definition) is 1. The van der Waals surface area contributed by atoms with Crippen molar-refractivity contribution in [1.82, 2.24) is 4.98 Å². The number of nitro groups is 1. The number of hydrogen-bond acceptors (Lipinski definition) is 6. The number of oxazole rings is 1. The largest absolute Gasteiger partial charge is 0.490 e. The molecule has 1 aromatic heterocycles. The van der Waals surface area contributed by atoms with E-state index in [2.05, 4.69) is 10.3 Å². The Balaban J connectivity index is 1.66. The van der Waals surface area contributed by atoms with E-state index >= 15 is 0 Å². The molecule has 4 aromatic rings. The summed E-state index contributed by atoms with van der Waals surface area (Å²) in [5, 5.41) is 14.1. The molecule has 1 heterocycles. The van der Waals surface area contributed by atoms with Crippen molar-refractivity contribution in [3.63, 3.8) is 0 Å². The number of fused-ring (bicyclic) bond motifs is 1. The second kappa shape index (κ2) is 8.14. The molecule has 0 saturated carbocycles. The quantitative estimate of drug-likeness (QED) is 0.326. The molecule has 0 fully saturated rings. The Morgan fingerprint density at radius 1 is 1.03 bits per heavy atom. The molecule has 0 radical (unpaired) electrons. The molecule has 0 aliphatic rings. The minimum Gasteiger partial charge on any atom is -0.490 e. The molecular weight excluding hydrogens is 410 g/mol.